The molecule has 3 atom stereocenters. The maximum Gasteiger partial charge on any atom is 0.490 e. The Bertz CT molecular complexity index is 915. The van der Waals surface area contributed by atoms with Gasteiger partial charge in [0.2, 0.25) is 5.95 Å². The summed E-state index contributed by atoms with van der Waals surface area (Å²) in [4.78, 5) is 27.4. The van der Waals surface area contributed by atoms with Crippen LogP contribution in [0.2, 0.25) is 0 Å². The Morgan fingerprint density at radius 3 is 2.59 bits per heavy atom. The van der Waals surface area contributed by atoms with Crippen LogP contribution in [0.1, 0.15) is 12.1 Å². The summed E-state index contributed by atoms with van der Waals surface area (Å²) in [5.74, 6) is -1.79. The number of aromatic nitrogens is 4. The summed E-state index contributed by atoms with van der Waals surface area (Å²) in [5.41, 5.74) is 0.889. The van der Waals surface area contributed by atoms with Gasteiger partial charge in [0.1, 0.15) is 0 Å². The Morgan fingerprint density at radius 1 is 1.28 bits per heavy atom. The molecule has 0 aliphatic carbocycles. The number of aliphatic carboxylic acids is 1. The summed E-state index contributed by atoms with van der Waals surface area (Å²) >= 11 is 0. The van der Waals surface area contributed by atoms with Crippen molar-refractivity contribution >= 4 is 11.9 Å². The number of hydrogen-bond donors (Lipinski definition) is 1. The highest BCUT2D eigenvalue weighted by atomic mass is 19.4. The summed E-state index contributed by atoms with van der Waals surface area (Å²) in [6, 6.07) is 2.26. The van der Waals surface area contributed by atoms with Crippen LogP contribution in [0.3, 0.4) is 0 Å². The van der Waals surface area contributed by atoms with E-state index in [2.05, 4.69) is 24.8 Å². The van der Waals surface area contributed by atoms with Gasteiger partial charge in [-0.3, -0.25) is 0 Å². The first-order valence-electron chi connectivity index (χ1n) is 9.70. The first-order valence-corrected chi connectivity index (χ1v) is 9.70. The Balaban J connectivity index is 0.000000360. The molecule has 0 amide bonds. The molecule has 174 valence electrons. The van der Waals surface area contributed by atoms with Gasteiger partial charge >= 0.3 is 18.2 Å². The topological polar surface area (TPSA) is 111 Å². The number of aryl methyl sites for hydroxylation is 1. The molecule has 4 heterocycles. The largest absolute Gasteiger partial charge is 0.490 e. The zero-order valence-corrected chi connectivity index (χ0v) is 17.0. The molecule has 0 radical (unpaired) electrons. The second kappa shape index (κ2) is 10.0. The lowest BCUT2D eigenvalue weighted by Crippen LogP contribution is -2.26. The summed E-state index contributed by atoms with van der Waals surface area (Å²) in [6.45, 7) is 4.78. The van der Waals surface area contributed by atoms with Crippen molar-refractivity contribution < 1.29 is 36.9 Å². The van der Waals surface area contributed by atoms with E-state index in [0.717, 1.165) is 31.8 Å². The van der Waals surface area contributed by atoms with Crippen molar-refractivity contribution in [3.8, 4) is 6.01 Å². The number of halogens is 4. The minimum atomic E-state index is -5.08. The second-order valence-corrected chi connectivity index (χ2v) is 7.32. The number of ether oxygens (including phenoxy) is 2. The first-order chi connectivity index (χ1) is 15.1. The number of alkyl halides is 3. The molecule has 2 aromatic rings. The molecule has 2 aliphatic rings. The maximum atomic E-state index is 13.0. The SMILES string of the molecule is Cc1ccnc(OCC[C@H]2CO[C@H]3CN(c4ncc(F)cn4)C[C@@H]23)n1.O=C(O)C(F)(F)F. The van der Waals surface area contributed by atoms with Crippen LogP contribution in [-0.4, -0.2) is 69.6 Å². The summed E-state index contributed by atoms with van der Waals surface area (Å²) < 4.78 is 56.3. The highest BCUT2D eigenvalue weighted by Gasteiger charge is 2.44. The van der Waals surface area contributed by atoms with Crippen LogP contribution >= 0.6 is 0 Å². The van der Waals surface area contributed by atoms with E-state index in [4.69, 9.17) is 19.4 Å². The van der Waals surface area contributed by atoms with E-state index < -0.39 is 18.0 Å². The number of nitrogens with zero attached hydrogens (tertiary/aromatic N) is 5. The van der Waals surface area contributed by atoms with Gasteiger partial charge in [0.05, 0.1) is 31.7 Å². The lowest BCUT2D eigenvalue weighted by molar-refractivity contribution is -0.192. The van der Waals surface area contributed by atoms with Gasteiger partial charge in [0.25, 0.3) is 0 Å². The Kier molecular flexibility index (Phi) is 7.38. The van der Waals surface area contributed by atoms with E-state index in [9.17, 15) is 17.6 Å². The van der Waals surface area contributed by atoms with Crippen molar-refractivity contribution in [3.05, 3.63) is 36.2 Å². The van der Waals surface area contributed by atoms with E-state index in [1.807, 2.05) is 13.0 Å². The van der Waals surface area contributed by atoms with Crippen LogP contribution in [0.4, 0.5) is 23.5 Å². The van der Waals surface area contributed by atoms with Crippen LogP contribution in [0.25, 0.3) is 0 Å². The Labute approximate surface area is 180 Å². The van der Waals surface area contributed by atoms with Crippen molar-refractivity contribution in [2.45, 2.75) is 25.6 Å². The van der Waals surface area contributed by atoms with Crippen LogP contribution in [0, 0.1) is 24.6 Å². The number of hydrogen-bond acceptors (Lipinski definition) is 8. The molecule has 13 heteroatoms. The molecule has 1 N–H and O–H groups in total. The summed E-state index contributed by atoms with van der Waals surface area (Å²) in [5, 5.41) is 7.12. The van der Waals surface area contributed by atoms with E-state index in [0.29, 0.717) is 30.4 Å². The van der Waals surface area contributed by atoms with Crippen molar-refractivity contribution in [3.63, 3.8) is 0 Å². The second-order valence-electron chi connectivity index (χ2n) is 7.32. The fraction of sp³-hybridized carbons (Fsp3) is 0.526. The molecule has 0 unspecified atom stereocenters. The summed E-state index contributed by atoms with van der Waals surface area (Å²) in [7, 11) is 0. The fourth-order valence-corrected chi connectivity index (χ4v) is 3.53. The maximum absolute atomic E-state index is 13.0. The molecule has 32 heavy (non-hydrogen) atoms. The standard InChI is InChI=1S/C17H20FN5O2.C2HF3O2/c1-11-2-4-19-17(22-11)24-5-3-12-10-25-15-9-23(8-14(12)15)16-20-6-13(18)7-21-16;3-2(4,5)1(6)7/h2,4,6-7,12,14-15H,3,5,8-10H2,1H3;(H,6,7)/t12-,14-,15-;/m0./s1. The molecule has 0 spiro atoms. The number of carbonyl (C=O) groups is 1. The van der Waals surface area contributed by atoms with E-state index in [1.54, 1.807) is 6.20 Å². The predicted octanol–water partition coefficient (Wildman–Crippen LogP) is 2.27. The zero-order chi connectivity index (χ0) is 23.3. The van der Waals surface area contributed by atoms with E-state index >= 15 is 0 Å². The van der Waals surface area contributed by atoms with Gasteiger partial charge < -0.3 is 19.5 Å². The quantitative estimate of drug-likeness (QED) is 0.673. The molecule has 2 saturated heterocycles. The number of carboxylic acids is 1. The van der Waals surface area contributed by atoms with Gasteiger partial charge in [-0.1, -0.05) is 0 Å². The third-order valence-corrected chi connectivity index (χ3v) is 5.06. The average Bonchev–Trinajstić information content (AvgIpc) is 3.30. The van der Waals surface area contributed by atoms with Crippen molar-refractivity contribution in [1.29, 1.82) is 0 Å². The van der Waals surface area contributed by atoms with Crippen molar-refractivity contribution in [1.82, 2.24) is 19.9 Å². The minimum absolute atomic E-state index is 0.175. The number of carboxylic acid groups (broad SMARTS) is 1. The molecule has 2 aliphatic heterocycles. The molecule has 2 fully saturated rings. The lowest BCUT2D eigenvalue weighted by Gasteiger charge is -2.19. The molecule has 2 aromatic heterocycles. The average molecular weight is 459 g/mol. The molecular weight excluding hydrogens is 438 g/mol. The Hall–Kier alpha value is -3.09. The van der Waals surface area contributed by atoms with Crippen molar-refractivity contribution in [2.75, 3.05) is 31.2 Å². The number of fused-ring (bicyclic) bond motifs is 1. The highest BCUT2D eigenvalue weighted by Crippen LogP contribution is 2.36. The minimum Gasteiger partial charge on any atom is -0.475 e. The van der Waals surface area contributed by atoms with E-state index in [1.165, 1.54) is 12.4 Å². The molecule has 0 saturated carbocycles. The first kappa shape index (κ1) is 23.6. The molecule has 4 rings (SSSR count). The molecule has 0 bridgehead atoms. The van der Waals surface area contributed by atoms with Gasteiger partial charge in [-0.15, -0.1) is 0 Å². The lowest BCUT2D eigenvalue weighted by atomic mass is 9.91. The fourth-order valence-electron chi connectivity index (χ4n) is 3.53. The van der Waals surface area contributed by atoms with Crippen LogP contribution in [0.15, 0.2) is 24.7 Å². The van der Waals surface area contributed by atoms with Crippen molar-refractivity contribution in [2.24, 2.45) is 11.8 Å². The number of anilines is 1. The van der Waals surface area contributed by atoms with Gasteiger partial charge in [-0.05, 0) is 25.3 Å². The van der Waals surface area contributed by atoms with Gasteiger partial charge in [0, 0.05) is 30.9 Å². The van der Waals surface area contributed by atoms with E-state index in [-0.39, 0.29) is 6.10 Å². The normalized spacial score (nSPS) is 22.2. The number of rotatable bonds is 5. The monoisotopic (exact) mass is 459 g/mol. The van der Waals surface area contributed by atoms with Gasteiger partial charge in [0.15, 0.2) is 5.82 Å². The highest BCUT2D eigenvalue weighted by molar-refractivity contribution is 5.73. The van der Waals surface area contributed by atoms with Gasteiger partial charge in [-0.2, -0.15) is 13.2 Å². The molecule has 0 aromatic carbocycles. The zero-order valence-electron chi connectivity index (χ0n) is 17.0. The van der Waals surface area contributed by atoms with Crippen LogP contribution in [-0.2, 0) is 9.53 Å². The predicted molar refractivity (Wildman–Crippen MR) is 101 cm³/mol. The Morgan fingerprint density at radius 2 is 1.97 bits per heavy atom. The summed E-state index contributed by atoms with van der Waals surface area (Å²) in [6.07, 6.45) is 0.0731. The van der Waals surface area contributed by atoms with Crippen LogP contribution in [0.5, 0.6) is 6.01 Å². The third-order valence-electron chi connectivity index (χ3n) is 5.06. The smallest absolute Gasteiger partial charge is 0.475 e. The third kappa shape index (κ3) is 6.22. The molecule has 9 nitrogen and oxygen atoms in total. The molecular formula is C19H21F4N5O4. The van der Waals surface area contributed by atoms with Gasteiger partial charge in [-0.25, -0.2) is 29.1 Å². The van der Waals surface area contributed by atoms with Crippen LogP contribution < -0.4 is 9.64 Å².